The van der Waals surface area contributed by atoms with Crippen molar-refractivity contribution in [3.8, 4) is 0 Å². The number of ether oxygens (including phenoxy) is 2. The Kier molecular flexibility index (Phi) is 9.49. The van der Waals surface area contributed by atoms with Gasteiger partial charge in [0, 0.05) is 0 Å². The van der Waals surface area contributed by atoms with Crippen LogP contribution in [0.3, 0.4) is 0 Å². The summed E-state index contributed by atoms with van der Waals surface area (Å²) in [5.41, 5.74) is -2.88. The van der Waals surface area contributed by atoms with Gasteiger partial charge in [-0.05, 0) is 104 Å². The van der Waals surface area contributed by atoms with Crippen LogP contribution in [0.15, 0.2) is 11.6 Å². The summed E-state index contributed by atoms with van der Waals surface area (Å²) in [4.78, 5) is 26.9. The van der Waals surface area contributed by atoms with Crippen molar-refractivity contribution in [1.82, 2.24) is 0 Å². The number of aliphatic hydroxyl groups is 3. The molecule has 0 aromatic carbocycles. The van der Waals surface area contributed by atoms with E-state index in [1.807, 2.05) is 0 Å². The van der Waals surface area contributed by atoms with Gasteiger partial charge in [-0.2, -0.15) is 8.42 Å². The first kappa shape index (κ1) is 38.1. The van der Waals surface area contributed by atoms with Crippen LogP contribution in [0.4, 0.5) is 0 Å². The lowest BCUT2D eigenvalue weighted by molar-refractivity contribution is -0.325. The number of allylic oxidation sites excluding steroid dienone is 1. The maximum absolute atomic E-state index is 13.9. The van der Waals surface area contributed by atoms with Gasteiger partial charge in [0.05, 0.1) is 23.5 Å². The van der Waals surface area contributed by atoms with E-state index in [4.69, 9.17) is 13.7 Å². The first-order valence-electron chi connectivity index (χ1n) is 18.2. The lowest BCUT2D eigenvalue weighted by Crippen LogP contribution is -2.68. The summed E-state index contributed by atoms with van der Waals surface area (Å²) in [6, 6.07) is 0. The van der Waals surface area contributed by atoms with E-state index in [-0.39, 0.29) is 41.4 Å². The van der Waals surface area contributed by atoms with E-state index < -0.39 is 87.4 Å². The molecule has 6 aliphatic rings. The van der Waals surface area contributed by atoms with Crippen LogP contribution in [0.5, 0.6) is 0 Å². The van der Waals surface area contributed by atoms with Crippen LogP contribution >= 0.6 is 0 Å². The van der Waals surface area contributed by atoms with Gasteiger partial charge < -0.3 is 35.0 Å². The van der Waals surface area contributed by atoms with Crippen LogP contribution in [-0.2, 0) is 33.6 Å². The summed E-state index contributed by atoms with van der Waals surface area (Å²) in [7, 11) is -5.08. The van der Waals surface area contributed by atoms with Gasteiger partial charge in [0.15, 0.2) is 12.4 Å². The number of fused-ring (bicyclic) bond motifs is 7. The second-order valence-corrected chi connectivity index (χ2v) is 18.7. The SMILES string of the molecule is CC1CCC2(C(=O)O)CCC3(C(=O)O)C(=CCC4C5(C)CCC(OC6OC(CO)C(O)C(O)C6OS(=O)(=O)O)C(C)(C)C5CCC43C)C2C1C. The molecule has 0 amide bonds. The van der Waals surface area contributed by atoms with Crippen molar-refractivity contribution in [2.75, 3.05) is 6.61 Å². The van der Waals surface area contributed by atoms with Crippen LogP contribution in [0.2, 0.25) is 0 Å². The first-order chi connectivity index (χ1) is 23.1. The molecule has 6 N–H and O–H groups in total. The first-order valence-corrected chi connectivity index (χ1v) is 19.6. The zero-order valence-corrected chi connectivity index (χ0v) is 30.8. The summed E-state index contributed by atoms with van der Waals surface area (Å²) in [6.45, 7) is 12.1. The third kappa shape index (κ3) is 5.28. The van der Waals surface area contributed by atoms with Crippen molar-refractivity contribution in [2.24, 2.45) is 56.7 Å². The predicted octanol–water partition coefficient (Wildman–Crippen LogP) is 3.81. The Morgan fingerprint density at radius 3 is 2.20 bits per heavy atom. The van der Waals surface area contributed by atoms with Crippen molar-refractivity contribution in [3.63, 3.8) is 0 Å². The van der Waals surface area contributed by atoms with Crippen LogP contribution in [-0.4, -0.2) is 93.9 Å². The molecule has 0 radical (unpaired) electrons. The molecule has 15 unspecified atom stereocenters. The van der Waals surface area contributed by atoms with Crippen molar-refractivity contribution in [2.45, 2.75) is 136 Å². The standard InChI is InChI=1S/C36H56O13S/c1-18-9-14-35(30(40)41)15-16-36(31(42)43)20(25(35)19(18)2)7-8-23-33(5)12-11-24(32(3,4)22(33)10-13-34(23,36)6)48-29-28(49-50(44,45)46)27(39)26(38)21(17-37)47-29/h7,18-19,21-29,37-39H,8-17H2,1-6H3,(H,40,41)(H,42,43)(H,44,45,46). The van der Waals surface area contributed by atoms with Crippen LogP contribution in [0.1, 0.15) is 99.3 Å². The highest BCUT2D eigenvalue weighted by Gasteiger charge is 2.73. The van der Waals surface area contributed by atoms with E-state index in [2.05, 4.69) is 47.6 Å². The van der Waals surface area contributed by atoms with Crippen LogP contribution in [0.25, 0.3) is 0 Å². The molecule has 1 saturated heterocycles. The van der Waals surface area contributed by atoms with Gasteiger partial charge in [-0.3, -0.25) is 14.1 Å². The quantitative estimate of drug-likeness (QED) is 0.125. The minimum absolute atomic E-state index is 0.0247. The Hall–Kier alpha value is -1.65. The molecule has 4 saturated carbocycles. The van der Waals surface area contributed by atoms with E-state index in [0.29, 0.717) is 44.9 Å². The average molecular weight is 729 g/mol. The normalized spacial score (nSPS) is 50.1. The third-order valence-electron chi connectivity index (χ3n) is 15.5. The fourth-order valence-corrected chi connectivity index (χ4v) is 13.3. The summed E-state index contributed by atoms with van der Waals surface area (Å²) in [5.74, 6) is -1.72. The minimum Gasteiger partial charge on any atom is -0.481 e. The fourth-order valence-electron chi connectivity index (χ4n) is 12.8. The van der Waals surface area contributed by atoms with Gasteiger partial charge in [-0.15, -0.1) is 0 Å². The second kappa shape index (κ2) is 12.5. The van der Waals surface area contributed by atoms with E-state index in [1.54, 1.807) is 0 Å². The molecular formula is C36H56O13S. The third-order valence-corrected chi connectivity index (χ3v) is 16.0. The second-order valence-electron chi connectivity index (χ2n) is 17.7. The molecule has 1 heterocycles. The number of carboxylic acids is 2. The summed E-state index contributed by atoms with van der Waals surface area (Å²) in [5, 5.41) is 52.9. The van der Waals surface area contributed by atoms with Gasteiger partial charge in [0.2, 0.25) is 0 Å². The Morgan fingerprint density at radius 2 is 1.60 bits per heavy atom. The van der Waals surface area contributed by atoms with E-state index in [0.717, 1.165) is 12.0 Å². The topological polar surface area (TPSA) is 217 Å². The molecular weight excluding hydrogens is 672 g/mol. The lowest BCUT2D eigenvalue weighted by atomic mass is 9.33. The largest absolute Gasteiger partial charge is 0.481 e. The summed E-state index contributed by atoms with van der Waals surface area (Å²) in [6.07, 6.45) is -1.57. The number of carboxylic acid groups (broad SMARTS) is 2. The van der Waals surface area contributed by atoms with Gasteiger partial charge in [-0.25, -0.2) is 4.18 Å². The smallest absolute Gasteiger partial charge is 0.397 e. The fraction of sp³-hybridized carbons (Fsp3) is 0.889. The van der Waals surface area contributed by atoms with Crippen LogP contribution < -0.4 is 0 Å². The maximum atomic E-state index is 13.9. The van der Waals surface area contributed by atoms with Crippen LogP contribution in [0, 0.1) is 56.7 Å². The molecule has 5 aliphatic carbocycles. The molecule has 15 atom stereocenters. The molecule has 0 bridgehead atoms. The predicted molar refractivity (Wildman–Crippen MR) is 178 cm³/mol. The van der Waals surface area contributed by atoms with E-state index in [9.17, 15) is 48.1 Å². The van der Waals surface area contributed by atoms with Gasteiger partial charge in [-0.1, -0.05) is 53.2 Å². The number of hydrogen-bond acceptors (Lipinski definition) is 10. The highest BCUT2D eigenvalue weighted by molar-refractivity contribution is 7.80. The molecule has 0 spiro atoms. The number of rotatable bonds is 7. The molecule has 50 heavy (non-hydrogen) atoms. The molecule has 6 rings (SSSR count). The molecule has 0 aromatic heterocycles. The Labute approximate surface area is 294 Å². The summed E-state index contributed by atoms with van der Waals surface area (Å²) >= 11 is 0. The van der Waals surface area contributed by atoms with Crippen molar-refractivity contribution in [3.05, 3.63) is 11.6 Å². The average Bonchev–Trinajstić information content (AvgIpc) is 3.02. The Morgan fingerprint density at radius 1 is 0.920 bits per heavy atom. The lowest BCUT2D eigenvalue weighted by Gasteiger charge is -2.70. The summed E-state index contributed by atoms with van der Waals surface area (Å²) < 4.78 is 49.7. The Bertz CT molecular complexity index is 1510. The zero-order chi connectivity index (χ0) is 37.0. The number of aliphatic hydroxyl groups excluding tert-OH is 3. The number of hydrogen-bond donors (Lipinski definition) is 6. The maximum Gasteiger partial charge on any atom is 0.397 e. The van der Waals surface area contributed by atoms with Crippen molar-refractivity contribution < 1.29 is 61.7 Å². The van der Waals surface area contributed by atoms with Crippen molar-refractivity contribution >= 4 is 22.3 Å². The van der Waals surface area contributed by atoms with E-state index in [1.165, 1.54) is 0 Å². The molecule has 13 nitrogen and oxygen atoms in total. The van der Waals surface area contributed by atoms with Gasteiger partial charge in [0.25, 0.3) is 0 Å². The molecule has 284 valence electrons. The number of aliphatic carboxylic acids is 2. The zero-order valence-electron chi connectivity index (χ0n) is 29.9. The monoisotopic (exact) mass is 728 g/mol. The molecule has 5 fully saturated rings. The minimum atomic E-state index is -5.08. The van der Waals surface area contributed by atoms with Gasteiger partial charge in [0.1, 0.15) is 18.3 Å². The van der Waals surface area contributed by atoms with Crippen molar-refractivity contribution in [1.29, 1.82) is 0 Å². The molecule has 0 aromatic rings. The molecule has 14 heteroatoms. The highest BCUT2D eigenvalue weighted by atomic mass is 32.3. The van der Waals surface area contributed by atoms with E-state index >= 15 is 0 Å². The highest BCUT2D eigenvalue weighted by Crippen LogP contribution is 2.76. The molecule has 1 aliphatic heterocycles. The van der Waals surface area contributed by atoms with Gasteiger partial charge >= 0.3 is 22.3 Å². The number of carbonyl (C=O) groups is 2. The Balaban J connectivity index is 1.34.